The van der Waals surface area contributed by atoms with E-state index in [1.54, 1.807) is 12.4 Å². The Morgan fingerprint density at radius 1 is 1.11 bits per heavy atom. The van der Waals surface area contributed by atoms with Gasteiger partial charge in [-0.05, 0) is 56.1 Å². The number of benzene rings is 1. The number of carbonyl (C=O) groups is 1. The number of unbranched alkanes of at least 4 members (excludes halogenated alkanes) is 2. The highest BCUT2D eigenvalue weighted by Gasteiger charge is 2.16. The number of carbonyl (C=O) groups excluding carboxylic acids is 1. The Hall–Kier alpha value is -4.05. The number of anilines is 1. The van der Waals surface area contributed by atoms with Gasteiger partial charge in [0.2, 0.25) is 5.91 Å². The summed E-state index contributed by atoms with van der Waals surface area (Å²) in [5, 5.41) is 8.35. The van der Waals surface area contributed by atoms with Crippen molar-refractivity contribution < 1.29 is 9.53 Å². The van der Waals surface area contributed by atoms with E-state index in [9.17, 15) is 4.79 Å². The molecule has 0 aliphatic rings. The number of hydrogen-bond donors (Lipinski definition) is 2. The number of ether oxygens (including phenoxy) is 1. The summed E-state index contributed by atoms with van der Waals surface area (Å²) in [6.45, 7) is 5.04. The first-order valence-corrected chi connectivity index (χ1v) is 13.1. The van der Waals surface area contributed by atoms with Crippen molar-refractivity contribution in [2.24, 2.45) is 5.73 Å². The zero-order chi connectivity index (χ0) is 26.7. The van der Waals surface area contributed by atoms with Crippen molar-refractivity contribution >= 4 is 22.8 Å². The number of nitrogens with two attached hydrogens (primary N) is 1. The van der Waals surface area contributed by atoms with E-state index in [0.717, 1.165) is 53.0 Å². The molecule has 200 valence electrons. The number of pyridine rings is 1. The summed E-state index contributed by atoms with van der Waals surface area (Å²) in [5.41, 5.74) is 8.17. The molecule has 10 heteroatoms. The Labute approximate surface area is 223 Å². The summed E-state index contributed by atoms with van der Waals surface area (Å²) in [4.78, 5) is 27.9. The molecule has 10 nitrogen and oxygen atoms in total. The van der Waals surface area contributed by atoms with Crippen LogP contribution in [0.1, 0.15) is 38.2 Å². The lowest BCUT2D eigenvalue weighted by molar-refractivity contribution is -0.121. The van der Waals surface area contributed by atoms with Crippen LogP contribution in [0.25, 0.3) is 22.4 Å². The predicted molar refractivity (Wildman–Crippen MR) is 149 cm³/mol. The second kappa shape index (κ2) is 13.5. The molecule has 0 radical (unpaired) electrons. The molecule has 1 amide bonds. The van der Waals surface area contributed by atoms with Gasteiger partial charge in [0, 0.05) is 44.5 Å². The maximum atomic E-state index is 12.0. The van der Waals surface area contributed by atoms with Crippen molar-refractivity contribution in [1.82, 2.24) is 30.0 Å². The van der Waals surface area contributed by atoms with Gasteiger partial charge in [-0.15, -0.1) is 0 Å². The van der Waals surface area contributed by atoms with Gasteiger partial charge in [-0.3, -0.25) is 9.78 Å². The molecule has 3 aromatic heterocycles. The van der Waals surface area contributed by atoms with Crippen LogP contribution in [0.3, 0.4) is 0 Å². The van der Waals surface area contributed by atoms with Crippen LogP contribution in [0, 0.1) is 0 Å². The van der Waals surface area contributed by atoms with Crippen LogP contribution in [-0.4, -0.2) is 57.4 Å². The van der Waals surface area contributed by atoms with Crippen LogP contribution in [-0.2, 0) is 17.9 Å². The zero-order valence-corrected chi connectivity index (χ0v) is 22.1. The Kier molecular flexibility index (Phi) is 9.58. The molecule has 0 saturated carbocycles. The van der Waals surface area contributed by atoms with Crippen LogP contribution in [0.5, 0.6) is 5.75 Å². The van der Waals surface area contributed by atoms with Crippen LogP contribution in [0.4, 0.5) is 5.82 Å². The maximum absolute atomic E-state index is 12.0. The van der Waals surface area contributed by atoms with Crippen molar-refractivity contribution in [1.29, 1.82) is 0 Å². The number of fused-ring (bicyclic) bond motifs is 1. The Balaban J connectivity index is 1.33. The van der Waals surface area contributed by atoms with Gasteiger partial charge in [0.25, 0.3) is 0 Å². The van der Waals surface area contributed by atoms with Gasteiger partial charge >= 0.3 is 0 Å². The molecule has 38 heavy (non-hydrogen) atoms. The van der Waals surface area contributed by atoms with Gasteiger partial charge in [-0.1, -0.05) is 18.6 Å². The lowest BCUT2D eigenvalue weighted by Crippen LogP contribution is -2.25. The summed E-state index contributed by atoms with van der Waals surface area (Å²) >= 11 is 0. The third kappa shape index (κ3) is 7.04. The van der Waals surface area contributed by atoms with Gasteiger partial charge < -0.3 is 20.7 Å². The number of amides is 1. The number of nitrogens with zero attached hydrogens (tertiary/aromatic N) is 6. The van der Waals surface area contributed by atoms with E-state index in [0.29, 0.717) is 45.0 Å². The zero-order valence-electron chi connectivity index (χ0n) is 22.1. The minimum atomic E-state index is 0.0698. The number of rotatable bonds is 14. The molecule has 0 saturated heterocycles. The third-order valence-electron chi connectivity index (χ3n) is 6.27. The average Bonchev–Trinajstić information content (AvgIpc) is 3.38. The fourth-order valence-electron chi connectivity index (χ4n) is 4.09. The van der Waals surface area contributed by atoms with Crippen molar-refractivity contribution in [2.75, 3.05) is 31.6 Å². The highest BCUT2D eigenvalue weighted by molar-refractivity contribution is 5.88. The Morgan fingerprint density at radius 2 is 1.95 bits per heavy atom. The number of aromatic nitrogens is 5. The van der Waals surface area contributed by atoms with E-state index in [1.165, 1.54) is 0 Å². The highest BCUT2D eigenvalue weighted by atomic mass is 16.5. The van der Waals surface area contributed by atoms with E-state index in [1.807, 2.05) is 61.2 Å². The summed E-state index contributed by atoms with van der Waals surface area (Å²) in [6, 6.07) is 11.6. The van der Waals surface area contributed by atoms with E-state index in [-0.39, 0.29) is 5.91 Å². The monoisotopic (exact) mass is 516 g/mol. The topological polar surface area (TPSA) is 124 Å². The second-order valence-electron chi connectivity index (χ2n) is 9.10. The molecule has 1 aromatic carbocycles. The Morgan fingerprint density at radius 3 is 2.68 bits per heavy atom. The smallest absolute Gasteiger partial charge is 0.220 e. The molecule has 0 spiro atoms. The van der Waals surface area contributed by atoms with Crippen LogP contribution in [0.2, 0.25) is 0 Å². The first-order valence-electron chi connectivity index (χ1n) is 13.1. The number of hydrogen-bond acceptors (Lipinski definition) is 8. The molecule has 0 aliphatic heterocycles. The van der Waals surface area contributed by atoms with Crippen molar-refractivity contribution in [2.45, 2.75) is 45.7 Å². The van der Waals surface area contributed by atoms with E-state index < -0.39 is 0 Å². The van der Waals surface area contributed by atoms with Crippen molar-refractivity contribution in [3.8, 4) is 17.1 Å². The molecule has 0 unspecified atom stereocenters. The lowest BCUT2D eigenvalue weighted by Gasteiger charge is -2.20. The summed E-state index contributed by atoms with van der Waals surface area (Å²) in [5.74, 6) is 2.26. The van der Waals surface area contributed by atoms with E-state index in [2.05, 4.69) is 20.3 Å². The molecule has 0 bridgehead atoms. The molecule has 0 atom stereocenters. The first-order chi connectivity index (χ1) is 18.6. The normalized spacial score (nSPS) is 11.0. The van der Waals surface area contributed by atoms with Gasteiger partial charge in [-0.2, -0.15) is 5.10 Å². The number of aryl methyl sites for hydroxylation is 1. The van der Waals surface area contributed by atoms with Crippen LogP contribution >= 0.6 is 0 Å². The van der Waals surface area contributed by atoms with E-state index in [4.69, 9.17) is 20.4 Å². The fourth-order valence-corrected chi connectivity index (χ4v) is 4.09. The SMILES string of the molecule is CCn1ncc2c(N(C)CCOc3ccc(CNC(=O)CCCCCN)cc3)nc(-c3cccnc3)nc21. The van der Waals surface area contributed by atoms with Gasteiger partial charge in [0.15, 0.2) is 11.5 Å². The largest absolute Gasteiger partial charge is 0.492 e. The quantitative estimate of drug-likeness (QED) is 0.244. The van der Waals surface area contributed by atoms with Gasteiger partial charge in [0.1, 0.15) is 18.2 Å². The minimum absolute atomic E-state index is 0.0698. The molecular formula is C28H36N8O2. The average molecular weight is 517 g/mol. The van der Waals surface area contributed by atoms with Gasteiger partial charge in [0.05, 0.1) is 18.1 Å². The standard InChI is InChI=1S/C28H36N8O2/c1-3-36-28-24(20-32-36)27(33-26(34-28)22-8-7-15-30-19-22)35(2)16-17-38-23-12-10-21(11-13-23)18-31-25(37)9-5-4-6-14-29/h7-8,10-13,15,19-20H,3-6,9,14,16-18,29H2,1-2H3,(H,31,37). The van der Waals surface area contributed by atoms with Crippen molar-refractivity contribution in [3.05, 3.63) is 60.6 Å². The van der Waals surface area contributed by atoms with E-state index >= 15 is 0 Å². The molecule has 4 aromatic rings. The molecular weight excluding hydrogens is 480 g/mol. The second-order valence-corrected chi connectivity index (χ2v) is 9.10. The predicted octanol–water partition coefficient (Wildman–Crippen LogP) is 3.56. The summed E-state index contributed by atoms with van der Waals surface area (Å²) < 4.78 is 7.87. The Bertz CT molecular complexity index is 1310. The van der Waals surface area contributed by atoms with Crippen molar-refractivity contribution in [3.63, 3.8) is 0 Å². The third-order valence-corrected chi connectivity index (χ3v) is 6.27. The molecule has 0 aliphatic carbocycles. The summed E-state index contributed by atoms with van der Waals surface area (Å²) in [7, 11) is 1.99. The lowest BCUT2D eigenvalue weighted by atomic mass is 10.2. The summed E-state index contributed by atoms with van der Waals surface area (Å²) in [6.07, 6.45) is 8.67. The highest BCUT2D eigenvalue weighted by Crippen LogP contribution is 2.26. The van der Waals surface area contributed by atoms with Crippen LogP contribution in [0.15, 0.2) is 55.0 Å². The van der Waals surface area contributed by atoms with Crippen LogP contribution < -0.4 is 20.7 Å². The molecule has 3 heterocycles. The first kappa shape index (κ1) is 27.0. The molecule has 4 rings (SSSR count). The van der Waals surface area contributed by atoms with Gasteiger partial charge in [-0.25, -0.2) is 14.6 Å². The number of likely N-dealkylation sites (N-methyl/N-ethyl adjacent to an activating group) is 1. The number of nitrogens with one attached hydrogen (secondary N) is 1. The minimum Gasteiger partial charge on any atom is -0.492 e. The maximum Gasteiger partial charge on any atom is 0.220 e. The fraction of sp³-hybridized carbons (Fsp3) is 0.393. The molecule has 3 N–H and O–H groups in total. The molecule has 0 fully saturated rings.